The van der Waals surface area contributed by atoms with Gasteiger partial charge in [0.05, 0.1) is 5.09 Å². The van der Waals surface area contributed by atoms with Gasteiger partial charge in [0.2, 0.25) is 0 Å². The topological polar surface area (TPSA) is 97.7 Å². The third-order valence-electron chi connectivity index (χ3n) is 0. The van der Waals surface area contributed by atoms with Crippen LogP contribution in [0.3, 0.4) is 0 Å². The molecule has 0 radical (unpaired) electrons. The van der Waals surface area contributed by atoms with Crippen LogP contribution in [0.4, 0.5) is 0 Å². The summed E-state index contributed by atoms with van der Waals surface area (Å²) in [6.45, 7) is 0. The Hall–Kier alpha value is 0.0301. The van der Waals surface area contributed by atoms with Gasteiger partial charge in [-0.05, 0) is 0 Å². The van der Waals surface area contributed by atoms with Crippen LogP contribution in [-0.2, 0) is 0 Å². The van der Waals surface area contributed by atoms with E-state index in [9.17, 15) is 0 Å². The molecule has 5 nitrogen and oxygen atoms in total. The Morgan fingerprint density at radius 1 is 1.33 bits per heavy atom. The SMILES string of the molecule is O.O=[N+]([O-])[O-].[InH3]. The van der Waals surface area contributed by atoms with E-state index in [1.54, 1.807) is 0 Å². The molecule has 0 spiro atoms. The molecule has 0 saturated heterocycles. The Kier molecular flexibility index (Phi) is 24.6. The van der Waals surface area contributed by atoms with Crippen LogP contribution < -0.4 is 0 Å². The zero-order valence-corrected chi connectivity index (χ0v) is 2.17. The molecule has 0 unspecified atom stereocenters. The summed E-state index contributed by atoms with van der Waals surface area (Å²) in [4.78, 5) is 8.25. The third kappa shape index (κ3) is 40800. The quantitative estimate of drug-likeness (QED) is 0.324. The Balaban J connectivity index is -0.0000000450. The number of rotatable bonds is 0. The molecule has 0 amide bonds. The van der Waals surface area contributed by atoms with E-state index in [1.165, 1.54) is 0 Å². The molecular weight excluding hydrogens is 193 g/mol. The molecule has 0 saturated carbocycles. The van der Waals surface area contributed by atoms with Crippen molar-refractivity contribution in [3.05, 3.63) is 15.3 Å². The van der Waals surface area contributed by atoms with E-state index in [0.717, 1.165) is 0 Å². The second-order valence-corrected chi connectivity index (χ2v) is 0.224. The molecule has 38 valence electrons. The van der Waals surface area contributed by atoms with E-state index in [-0.39, 0.29) is 31.3 Å². The van der Waals surface area contributed by atoms with Gasteiger partial charge in [0.25, 0.3) is 0 Å². The average Bonchev–Trinajstić information content (AvgIpc) is 0.811. The van der Waals surface area contributed by atoms with Crippen LogP contribution in [0, 0.1) is 15.3 Å². The summed E-state index contributed by atoms with van der Waals surface area (Å²) >= 11 is 0. The molecule has 0 aromatic carbocycles. The summed E-state index contributed by atoms with van der Waals surface area (Å²) in [5.74, 6) is 0. The monoisotopic (exact) mass is 198 g/mol. The maximum absolute atomic E-state index is 8.25. The summed E-state index contributed by atoms with van der Waals surface area (Å²) in [5, 5.41) is 14.8. The Labute approximate surface area is 52.2 Å². The first kappa shape index (κ1) is 16.6. The zero-order chi connectivity index (χ0) is 3.58. The van der Waals surface area contributed by atoms with Gasteiger partial charge >= 0.3 is 25.8 Å². The van der Waals surface area contributed by atoms with Crippen molar-refractivity contribution in [3.8, 4) is 0 Å². The summed E-state index contributed by atoms with van der Waals surface area (Å²) in [5.41, 5.74) is 0. The number of hydrogen-bond donors (Lipinski definition) is 0. The fourth-order valence-corrected chi connectivity index (χ4v) is 0. The van der Waals surface area contributed by atoms with Gasteiger partial charge in [-0.25, -0.2) is 0 Å². The molecule has 6 heteroatoms. The van der Waals surface area contributed by atoms with E-state index in [2.05, 4.69) is 0 Å². The number of hydrogen-bond acceptors (Lipinski definition) is 3. The molecule has 0 aliphatic heterocycles. The molecule has 0 heterocycles. The van der Waals surface area contributed by atoms with Gasteiger partial charge in [0.15, 0.2) is 0 Å². The minimum absolute atomic E-state index is 0. The second-order valence-electron chi connectivity index (χ2n) is 0.224. The van der Waals surface area contributed by atoms with Crippen molar-refractivity contribution in [2.24, 2.45) is 0 Å². The van der Waals surface area contributed by atoms with Crippen molar-refractivity contribution in [3.63, 3.8) is 0 Å². The molecule has 0 fully saturated rings. The number of nitrogens with zero attached hydrogens (tertiary/aromatic N) is 1. The summed E-state index contributed by atoms with van der Waals surface area (Å²) < 4.78 is 0. The molecule has 0 atom stereocenters. The van der Waals surface area contributed by atoms with Crippen LogP contribution in [0.15, 0.2) is 0 Å². The zero-order valence-electron chi connectivity index (χ0n) is 2.17. The summed E-state index contributed by atoms with van der Waals surface area (Å²) in [6, 6.07) is 0. The van der Waals surface area contributed by atoms with Gasteiger partial charge in [0.1, 0.15) is 0 Å². The summed E-state index contributed by atoms with van der Waals surface area (Å²) in [6.07, 6.45) is 0. The van der Waals surface area contributed by atoms with Crippen molar-refractivity contribution >= 4 is 25.8 Å². The van der Waals surface area contributed by atoms with Gasteiger partial charge in [0, 0.05) is 0 Å². The van der Waals surface area contributed by atoms with Crippen molar-refractivity contribution in [2.45, 2.75) is 0 Å². The van der Waals surface area contributed by atoms with E-state index in [0.29, 0.717) is 0 Å². The molecule has 2 N–H and O–H groups in total. The van der Waals surface area contributed by atoms with Crippen LogP contribution >= 0.6 is 0 Å². The van der Waals surface area contributed by atoms with E-state index < -0.39 is 5.09 Å². The van der Waals surface area contributed by atoms with Gasteiger partial charge < -0.3 is 20.8 Å². The van der Waals surface area contributed by atoms with Crippen LogP contribution in [0.25, 0.3) is 0 Å². The standard InChI is InChI=1S/In.NO3.H2O.3H/c;2-1(3)4;;;;/h;;1H2;;;/q;-1;;;;. The van der Waals surface area contributed by atoms with Crippen LogP contribution in [-0.4, -0.2) is 36.4 Å². The van der Waals surface area contributed by atoms with Gasteiger partial charge in [-0.3, -0.25) is 0 Å². The molecule has 6 heavy (non-hydrogen) atoms. The van der Waals surface area contributed by atoms with Crippen LogP contribution in [0.1, 0.15) is 0 Å². The maximum atomic E-state index is 8.25. The van der Waals surface area contributed by atoms with Gasteiger partial charge in [-0.15, -0.1) is 0 Å². The second kappa shape index (κ2) is 8.90. The molecule has 0 bridgehead atoms. The van der Waals surface area contributed by atoms with Crippen LogP contribution in [0.2, 0.25) is 0 Å². The van der Waals surface area contributed by atoms with Crippen molar-refractivity contribution in [2.75, 3.05) is 0 Å². The average molecular weight is 198 g/mol. The Morgan fingerprint density at radius 2 is 1.33 bits per heavy atom. The summed E-state index contributed by atoms with van der Waals surface area (Å²) in [7, 11) is 0. The van der Waals surface area contributed by atoms with E-state index >= 15 is 0 Å². The molecule has 0 aromatic rings. The predicted molar refractivity (Wildman–Crippen MR) is 23.9 cm³/mol. The van der Waals surface area contributed by atoms with E-state index in [1.807, 2.05) is 0 Å². The van der Waals surface area contributed by atoms with E-state index in [4.69, 9.17) is 15.3 Å². The molecule has 0 aromatic heterocycles. The first-order valence-corrected chi connectivity index (χ1v) is 0.548. The van der Waals surface area contributed by atoms with Gasteiger partial charge in [-0.2, -0.15) is 0 Å². The van der Waals surface area contributed by atoms with Gasteiger partial charge in [-0.1, -0.05) is 0 Å². The van der Waals surface area contributed by atoms with Crippen molar-refractivity contribution in [1.82, 2.24) is 0 Å². The molecule has 0 aliphatic carbocycles. The van der Waals surface area contributed by atoms with Crippen molar-refractivity contribution < 1.29 is 10.6 Å². The normalized spacial score (nSPS) is 4.00. The Bertz CT molecular complexity index is 30.5. The Morgan fingerprint density at radius 3 is 1.33 bits per heavy atom. The minimum atomic E-state index is -1.75. The van der Waals surface area contributed by atoms with Crippen molar-refractivity contribution in [1.29, 1.82) is 0 Å². The first-order chi connectivity index (χ1) is 1.73. The predicted octanol–water partition coefficient (Wildman–Crippen LogP) is -2.25. The first-order valence-electron chi connectivity index (χ1n) is 0.548. The third-order valence-corrected chi connectivity index (χ3v) is 0. The molecule has 0 aliphatic rings. The van der Waals surface area contributed by atoms with Crippen LogP contribution in [0.5, 0.6) is 0 Å². The molecular formula is H5InNO4-. The fourth-order valence-electron chi connectivity index (χ4n) is 0. The molecule has 0 rings (SSSR count). The fraction of sp³-hybridized carbons (Fsp3) is 0.